The van der Waals surface area contributed by atoms with Crippen molar-refractivity contribution in [2.24, 2.45) is 5.92 Å². The van der Waals surface area contributed by atoms with Crippen LogP contribution < -0.4 is 14.7 Å². The van der Waals surface area contributed by atoms with Gasteiger partial charge in [0.25, 0.3) is 0 Å². The number of carbonyl (C=O) groups excluding carboxylic acids is 1. The van der Waals surface area contributed by atoms with Crippen LogP contribution in [0.25, 0.3) is 0 Å². The van der Waals surface area contributed by atoms with Crippen LogP contribution in [0.3, 0.4) is 0 Å². The van der Waals surface area contributed by atoms with Crippen molar-refractivity contribution in [2.75, 3.05) is 31.3 Å². The summed E-state index contributed by atoms with van der Waals surface area (Å²) < 4.78 is 10.5. The summed E-state index contributed by atoms with van der Waals surface area (Å²) >= 11 is 6.09. The second-order valence-corrected chi connectivity index (χ2v) is 5.85. The van der Waals surface area contributed by atoms with Gasteiger partial charge in [-0.2, -0.15) is 4.52 Å². The molecule has 116 valence electrons. The van der Waals surface area contributed by atoms with Gasteiger partial charge in [0.1, 0.15) is 0 Å². The fraction of sp³-hybridized carbons (Fsp3) is 0.769. The minimum atomic E-state index is -0.438. The second kappa shape index (κ2) is 6.19. The van der Waals surface area contributed by atoms with E-state index in [1.807, 2.05) is 5.01 Å². The molecule has 1 saturated heterocycles. The molecule has 0 atom stereocenters. The highest BCUT2D eigenvalue weighted by Gasteiger charge is 2.46. The molecule has 1 N–H and O–H groups in total. The normalized spacial score (nSPS) is 20.7. The predicted molar refractivity (Wildman–Crippen MR) is 71.7 cm³/mol. The Morgan fingerprint density at radius 3 is 2.57 bits per heavy atom. The van der Waals surface area contributed by atoms with Crippen LogP contribution in [0.4, 0.5) is 0 Å². The van der Waals surface area contributed by atoms with Crippen molar-refractivity contribution in [3.8, 4) is 5.95 Å². The Morgan fingerprint density at radius 2 is 1.90 bits per heavy atom. The maximum Gasteiger partial charge on any atom is 0.462 e. The first-order valence-electron chi connectivity index (χ1n) is 7.42. The number of halogens is 1. The molecule has 2 heterocycles. The molecule has 0 aromatic carbocycles. The van der Waals surface area contributed by atoms with E-state index in [9.17, 15) is 9.90 Å². The molecule has 0 bridgehead atoms. The van der Waals surface area contributed by atoms with Crippen molar-refractivity contribution >= 4 is 17.5 Å². The number of hydrogen-bond acceptors (Lipinski definition) is 5. The summed E-state index contributed by atoms with van der Waals surface area (Å²) in [7, 11) is 0. The van der Waals surface area contributed by atoms with E-state index in [0.29, 0.717) is 26.3 Å². The molecule has 1 aliphatic carbocycles. The van der Waals surface area contributed by atoms with Crippen LogP contribution in [0.1, 0.15) is 36.9 Å². The van der Waals surface area contributed by atoms with Crippen molar-refractivity contribution < 1.29 is 28.8 Å². The Labute approximate surface area is 127 Å². The van der Waals surface area contributed by atoms with Gasteiger partial charge in [0, 0.05) is 11.6 Å². The molecule has 0 amide bonds. The summed E-state index contributed by atoms with van der Waals surface area (Å²) in [4.78, 5) is 15.2. The molecule has 0 unspecified atom stereocenters. The van der Waals surface area contributed by atoms with E-state index < -0.39 is 5.95 Å². The Hall–Kier alpha value is -1.34. The SMILES string of the molecule is O=C(C1CCCCC1)[n+]1oc(O)c(Cl)[n+]1N1CCOCC1. The third-order valence-electron chi connectivity index (χ3n) is 4.10. The molecule has 1 saturated carbocycles. The van der Waals surface area contributed by atoms with Gasteiger partial charge in [0.15, 0.2) is 13.1 Å². The molecule has 0 radical (unpaired) electrons. The van der Waals surface area contributed by atoms with Crippen molar-refractivity contribution in [3.05, 3.63) is 5.15 Å². The summed E-state index contributed by atoms with van der Waals surface area (Å²) in [5, 5.41) is 11.6. The number of morpholine rings is 1. The van der Waals surface area contributed by atoms with Crippen molar-refractivity contribution in [1.29, 1.82) is 0 Å². The van der Waals surface area contributed by atoms with Crippen molar-refractivity contribution in [1.82, 2.24) is 0 Å². The van der Waals surface area contributed by atoms with Crippen LogP contribution in [0.2, 0.25) is 5.15 Å². The van der Waals surface area contributed by atoms with Crippen LogP contribution in [-0.2, 0) is 4.74 Å². The van der Waals surface area contributed by atoms with E-state index in [4.69, 9.17) is 20.9 Å². The van der Waals surface area contributed by atoms with Gasteiger partial charge in [-0.1, -0.05) is 19.3 Å². The zero-order valence-corrected chi connectivity index (χ0v) is 12.6. The van der Waals surface area contributed by atoms with Crippen LogP contribution in [0.5, 0.6) is 5.95 Å². The average molecular weight is 318 g/mol. The van der Waals surface area contributed by atoms with E-state index in [-0.39, 0.29) is 17.0 Å². The fourth-order valence-corrected chi connectivity index (χ4v) is 3.16. The number of hydrogen-bond donors (Lipinski definition) is 1. The topological polar surface area (TPSA) is 70.7 Å². The molecule has 2 aliphatic rings. The first kappa shape index (κ1) is 14.6. The molecule has 21 heavy (non-hydrogen) atoms. The van der Waals surface area contributed by atoms with Gasteiger partial charge >= 0.3 is 17.0 Å². The number of aromatic nitrogens is 2. The van der Waals surface area contributed by atoms with Crippen molar-refractivity contribution in [2.45, 2.75) is 32.1 Å². The lowest BCUT2D eigenvalue weighted by atomic mass is 9.89. The van der Waals surface area contributed by atoms with E-state index in [1.54, 1.807) is 0 Å². The van der Waals surface area contributed by atoms with Gasteiger partial charge in [-0.3, -0.25) is 0 Å². The highest BCUT2D eigenvalue weighted by atomic mass is 35.5. The number of nitrogens with zero attached hydrogens (tertiary/aromatic N) is 3. The van der Waals surface area contributed by atoms with Crippen LogP contribution in [-0.4, -0.2) is 37.3 Å². The molecule has 8 heteroatoms. The minimum Gasteiger partial charge on any atom is -0.472 e. The zero-order chi connectivity index (χ0) is 14.8. The molecule has 1 aliphatic heterocycles. The first-order chi connectivity index (χ1) is 10.2. The highest BCUT2D eigenvalue weighted by Crippen LogP contribution is 2.24. The van der Waals surface area contributed by atoms with E-state index in [1.165, 1.54) is 11.2 Å². The largest absolute Gasteiger partial charge is 0.472 e. The summed E-state index contributed by atoms with van der Waals surface area (Å²) in [5.41, 5.74) is 0. The molecule has 1 aromatic rings. The van der Waals surface area contributed by atoms with Crippen LogP contribution >= 0.6 is 11.6 Å². The maximum atomic E-state index is 12.6. The first-order valence-corrected chi connectivity index (χ1v) is 7.79. The van der Waals surface area contributed by atoms with Gasteiger partial charge in [-0.15, -0.1) is 0 Å². The summed E-state index contributed by atoms with van der Waals surface area (Å²) in [6.45, 7) is 2.27. The lowest BCUT2D eigenvalue weighted by Gasteiger charge is -2.17. The molecular formula is C13H20ClN3O4+2. The molecule has 0 spiro atoms. The number of rotatable bonds is 2. The Balaban J connectivity index is 1.90. The van der Waals surface area contributed by atoms with E-state index >= 15 is 0 Å². The zero-order valence-electron chi connectivity index (χ0n) is 11.8. The van der Waals surface area contributed by atoms with E-state index in [2.05, 4.69) is 0 Å². The molecule has 2 fully saturated rings. The number of aromatic hydroxyl groups is 1. The Bertz CT molecular complexity index is 522. The quantitative estimate of drug-likeness (QED) is 0.800. The van der Waals surface area contributed by atoms with Crippen LogP contribution in [0, 0.1) is 5.92 Å². The summed E-state index contributed by atoms with van der Waals surface area (Å²) in [6.07, 6.45) is 4.98. The average Bonchev–Trinajstić information content (AvgIpc) is 2.84. The van der Waals surface area contributed by atoms with Crippen LogP contribution in [0.15, 0.2) is 4.52 Å². The smallest absolute Gasteiger partial charge is 0.462 e. The molecule has 3 rings (SSSR count). The molecular weight excluding hydrogens is 298 g/mol. The van der Waals surface area contributed by atoms with Gasteiger partial charge in [-0.25, -0.2) is 4.79 Å². The predicted octanol–water partition coefficient (Wildman–Crippen LogP) is 0.402. The van der Waals surface area contributed by atoms with Gasteiger partial charge in [0.2, 0.25) is 9.65 Å². The lowest BCUT2D eigenvalue weighted by Crippen LogP contribution is -2.80. The number of carbonyl (C=O) groups is 1. The summed E-state index contributed by atoms with van der Waals surface area (Å²) in [6, 6.07) is 0. The Morgan fingerprint density at radius 1 is 1.24 bits per heavy atom. The van der Waals surface area contributed by atoms with Crippen molar-refractivity contribution in [3.63, 3.8) is 0 Å². The molecule has 7 nitrogen and oxygen atoms in total. The molecule has 1 aromatic heterocycles. The minimum absolute atomic E-state index is 0.0149. The standard InChI is InChI=1S/C13H19ClN3O4/c14-11-13(19)21-17(12(18)10-4-2-1-3-5-10)16(11)15-6-8-20-9-7-15/h10H,1-9H2/q+1/p+1. The number of ether oxygens (including phenoxy) is 1. The van der Waals surface area contributed by atoms with Gasteiger partial charge in [-0.05, 0) is 17.9 Å². The monoisotopic (exact) mass is 317 g/mol. The lowest BCUT2D eigenvalue weighted by molar-refractivity contribution is -1.26. The third kappa shape index (κ3) is 2.85. The van der Waals surface area contributed by atoms with Gasteiger partial charge < -0.3 is 9.84 Å². The third-order valence-corrected chi connectivity index (χ3v) is 4.41. The van der Waals surface area contributed by atoms with E-state index in [0.717, 1.165) is 30.5 Å². The highest BCUT2D eigenvalue weighted by molar-refractivity contribution is 6.29. The second-order valence-electron chi connectivity index (χ2n) is 5.49. The summed E-state index contributed by atoms with van der Waals surface area (Å²) in [5.74, 6) is -0.659. The maximum absolute atomic E-state index is 12.6. The fourth-order valence-electron chi connectivity index (χ4n) is 2.95. The Kier molecular flexibility index (Phi) is 4.30. The van der Waals surface area contributed by atoms with Gasteiger partial charge in [0.05, 0.1) is 19.1 Å².